The van der Waals surface area contributed by atoms with Crippen LogP contribution >= 0.6 is 0 Å². The molecule has 3 rings (SSSR count). The summed E-state index contributed by atoms with van der Waals surface area (Å²) in [6.45, 7) is 0. The van der Waals surface area contributed by atoms with E-state index in [1.807, 2.05) is 44.4 Å². The molecule has 0 saturated carbocycles. The molecule has 5 heteroatoms. The highest BCUT2D eigenvalue weighted by molar-refractivity contribution is 5.96. The number of hydrogen-bond donors (Lipinski definition) is 0. The molecule has 0 N–H and O–H groups in total. The second kappa shape index (κ2) is 6.12. The summed E-state index contributed by atoms with van der Waals surface area (Å²) in [5, 5.41) is 0.977. The van der Waals surface area contributed by atoms with Crippen LogP contribution in [0.1, 0.15) is 0 Å². The van der Waals surface area contributed by atoms with Crippen LogP contribution in [0.15, 0.2) is 42.7 Å². The number of para-hydroxylation sites is 1. The number of hydrogen-bond acceptors (Lipinski definition) is 5. The van der Waals surface area contributed by atoms with Gasteiger partial charge in [-0.1, -0.05) is 6.07 Å². The number of rotatable bonds is 4. The number of methoxy groups -OCH3 is 2. The van der Waals surface area contributed by atoms with Crippen molar-refractivity contribution in [2.75, 3.05) is 33.2 Å². The minimum atomic E-state index is 0.672. The lowest BCUT2D eigenvalue weighted by Crippen LogP contribution is -2.08. The Morgan fingerprint density at radius 1 is 0.957 bits per heavy atom. The molecule has 118 valence electrons. The van der Waals surface area contributed by atoms with Gasteiger partial charge in [-0.15, -0.1) is 0 Å². The van der Waals surface area contributed by atoms with Gasteiger partial charge in [0.1, 0.15) is 6.33 Å². The van der Waals surface area contributed by atoms with Crippen molar-refractivity contribution in [1.29, 1.82) is 0 Å². The van der Waals surface area contributed by atoms with E-state index in [4.69, 9.17) is 9.47 Å². The van der Waals surface area contributed by atoms with Crippen molar-refractivity contribution >= 4 is 16.6 Å². The van der Waals surface area contributed by atoms with E-state index in [0.717, 1.165) is 27.8 Å². The molecule has 0 atom stereocenters. The minimum absolute atomic E-state index is 0.672. The largest absolute Gasteiger partial charge is 0.493 e. The third kappa shape index (κ3) is 2.65. The summed E-state index contributed by atoms with van der Waals surface area (Å²) in [6.07, 6.45) is 1.58. The molecule has 0 spiro atoms. The fourth-order valence-corrected chi connectivity index (χ4v) is 2.61. The number of fused-ring (bicyclic) bond motifs is 1. The third-order valence-electron chi connectivity index (χ3n) is 3.79. The lowest BCUT2D eigenvalue weighted by atomic mass is 10.0. The first-order chi connectivity index (χ1) is 11.2. The van der Waals surface area contributed by atoms with Crippen molar-refractivity contribution in [3.63, 3.8) is 0 Å². The average Bonchev–Trinajstić information content (AvgIpc) is 2.59. The Labute approximate surface area is 135 Å². The summed E-state index contributed by atoms with van der Waals surface area (Å²) in [5.74, 6) is 1.35. The highest BCUT2D eigenvalue weighted by atomic mass is 16.5. The molecule has 2 aromatic carbocycles. The highest BCUT2D eigenvalue weighted by Gasteiger charge is 2.15. The Kier molecular flexibility index (Phi) is 4.02. The Bertz CT molecular complexity index is 847. The Balaban J connectivity index is 2.30. The molecule has 23 heavy (non-hydrogen) atoms. The Hall–Kier alpha value is -2.82. The maximum atomic E-state index is 5.55. The van der Waals surface area contributed by atoms with Crippen LogP contribution in [0.3, 0.4) is 0 Å². The molecule has 0 amide bonds. The molecule has 1 aromatic heterocycles. The number of ether oxygens (including phenoxy) is 2. The van der Waals surface area contributed by atoms with Crippen molar-refractivity contribution in [3.05, 3.63) is 42.7 Å². The predicted molar refractivity (Wildman–Crippen MR) is 92.4 cm³/mol. The number of nitrogens with zero attached hydrogens (tertiary/aromatic N) is 3. The molecule has 0 aliphatic rings. The second-order valence-corrected chi connectivity index (χ2v) is 5.36. The van der Waals surface area contributed by atoms with E-state index in [9.17, 15) is 0 Å². The van der Waals surface area contributed by atoms with Gasteiger partial charge in [-0.3, -0.25) is 0 Å². The van der Waals surface area contributed by atoms with Gasteiger partial charge in [0.2, 0.25) is 0 Å². The lowest BCUT2D eigenvalue weighted by molar-refractivity contribution is 0.356. The second-order valence-electron chi connectivity index (χ2n) is 5.36. The van der Waals surface area contributed by atoms with Gasteiger partial charge in [0.15, 0.2) is 11.5 Å². The molecule has 0 radical (unpaired) electrons. The van der Waals surface area contributed by atoms with Gasteiger partial charge in [0.25, 0.3) is 0 Å². The third-order valence-corrected chi connectivity index (χ3v) is 3.79. The fourth-order valence-electron chi connectivity index (χ4n) is 2.61. The van der Waals surface area contributed by atoms with Gasteiger partial charge in [-0.05, 0) is 30.3 Å². The highest BCUT2D eigenvalue weighted by Crippen LogP contribution is 2.39. The van der Waals surface area contributed by atoms with Gasteiger partial charge in [-0.25, -0.2) is 9.97 Å². The average molecular weight is 309 g/mol. The monoisotopic (exact) mass is 309 g/mol. The van der Waals surface area contributed by atoms with E-state index >= 15 is 0 Å². The topological polar surface area (TPSA) is 47.5 Å². The summed E-state index contributed by atoms with van der Waals surface area (Å²) < 4.78 is 10.9. The minimum Gasteiger partial charge on any atom is -0.493 e. The summed E-state index contributed by atoms with van der Waals surface area (Å²) in [7, 11) is 7.29. The Morgan fingerprint density at radius 3 is 2.48 bits per heavy atom. The summed E-state index contributed by atoms with van der Waals surface area (Å²) in [4.78, 5) is 10.9. The molecule has 0 unspecified atom stereocenters. The first-order valence-corrected chi connectivity index (χ1v) is 7.29. The number of benzene rings is 2. The molecule has 0 fully saturated rings. The molecule has 3 aromatic rings. The zero-order valence-electron chi connectivity index (χ0n) is 13.7. The summed E-state index contributed by atoms with van der Waals surface area (Å²) in [6, 6.07) is 11.9. The Morgan fingerprint density at radius 2 is 1.78 bits per heavy atom. The smallest absolute Gasteiger partial charge is 0.170 e. The van der Waals surface area contributed by atoms with E-state index < -0.39 is 0 Å². The predicted octanol–water partition coefficient (Wildman–Crippen LogP) is 3.38. The van der Waals surface area contributed by atoms with Crippen LogP contribution < -0.4 is 14.4 Å². The molecule has 1 heterocycles. The molecule has 0 aliphatic carbocycles. The van der Waals surface area contributed by atoms with Gasteiger partial charge >= 0.3 is 0 Å². The van der Waals surface area contributed by atoms with Crippen molar-refractivity contribution in [2.45, 2.75) is 0 Å². The van der Waals surface area contributed by atoms with Crippen LogP contribution in [0.5, 0.6) is 11.5 Å². The van der Waals surface area contributed by atoms with Crippen molar-refractivity contribution in [3.8, 4) is 22.8 Å². The van der Waals surface area contributed by atoms with Gasteiger partial charge in [0, 0.05) is 30.7 Å². The van der Waals surface area contributed by atoms with Crippen molar-refractivity contribution < 1.29 is 9.47 Å². The zero-order chi connectivity index (χ0) is 16.4. The molecule has 5 nitrogen and oxygen atoms in total. The molecule has 0 bridgehead atoms. The fraction of sp³-hybridized carbons (Fsp3) is 0.222. The maximum absolute atomic E-state index is 5.55. The van der Waals surface area contributed by atoms with Crippen molar-refractivity contribution in [2.24, 2.45) is 0 Å². The van der Waals surface area contributed by atoms with Crippen LogP contribution in [-0.4, -0.2) is 38.3 Å². The normalized spacial score (nSPS) is 10.6. The van der Waals surface area contributed by atoms with E-state index in [-0.39, 0.29) is 0 Å². The van der Waals surface area contributed by atoms with Crippen molar-refractivity contribution in [1.82, 2.24) is 9.97 Å². The van der Waals surface area contributed by atoms with Crippen LogP contribution in [-0.2, 0) is 0 Å². The lowest BCUT2D eigenvalue weighted by Gasteiger charge is -2.16. The SMILES string of the molecule is COc1cccc(-c2ncnc3ccc(N(C)C)cc23)c1OC. The zero-order valence-corrected chi connectivity index (χ0v) is 13.7. The van der Waals surface area contributed by atoms with Crippen LogP contribution in [0.2, 0.25) is 0 Å². The van der Waals surface area contributed by atoms with Gasteiger partial charge in [-0.2, -0.15) is 0 Å². The van der Waals surface area contributed by atoms with E-state index in [1.165, 1.54) is 0 Å². The van der Waals surface area contributed by atoms with E-state index in [1.54, 1.807) is 20.5 Å². The number of aromatic nitrogens is 2. The first-order valence-electron chi connectivity index (χ1n) is 7.29. The quantitative estimate of drug-likeness (QED) is 0.739. The van der Waals surface area contributed by atoms with Crippen LogP contribution in [0, 0.1) is 0 Å². The van der Waals surface area contributed by atoms with E-state index in [2.05, 4.69) is 20.9 Å². The molecule has 0 saturated heterocycles. The molecular weight excluding hydrogens is 290 g/mol. The first kappa shape index (κ1) is 15.1. The maximum Gasteiger partial charge on any atom is 0.170 e. The molecule has 0 aliphatic heterocycles. The van der Waals surface area contributed by atoms with Crippen LogP contribution in [0.25, 0.3) is 22.2 Å². The van der Waals surface area contributed by atoms with E-state index in [0.29, 0.717) is 11.5 Å². The summed E-state index contributed by atoms with van der Waals surface area (Å²) >= 11 is 0. The molecular formula is C18H19N3O2. The van der Waals surface area contributed by atoms with Gasteiger partial charge < -0.3 is 14.4 Å². The van der Waals surface area contributed by atoms with Crippen LogP contribution in [0.4, 0.5) is 5.69 Å². The summed E-state index contributed by atoms with van der Waals surface area (Å²) in [5.41, 5.74) is 3.70. The number of anilines is 1. The standard InChI is InChI=1S/C18H19N3O2/c1-21(2)12-8-9-15-14(10-12)17(20-11-19-15)13-6-5-7-16(22-3)18(13)23-4/h5-11H,1-4H3. The van der Waals surface area contributed by atoms with Gasteiger partial charge in [0.05, 0.1) is 25.4 Å².